The minimum Gasteiger partial charge on any atom is -0.494 e. The van der Waals surface area contributed by atoms with Crippen molar-refractivity contribution in [2.75, 3.05) is 25.5 Å². The highest BCUT2D eigenvalue weighted by atomic mass is 16.5. The van der Waals surface area contributed by atoms with Crippen LogP contribution in [-0.4, -0.2) is 38.2 Å². The van der Waals surface area contributed by atoms with Crippen molar-refractivity contribution in [2.45, 2.75) is 45.3 Å². The van der Waals surface area contributed by atoms with Crippen LogP contribution in [0, 0.1) is 0 Å². The van der Waals surface area contributed by atoms with Gasteiger partial charge in [-0.1, -0.05) is 18.2 Å². The van der Waals surface area contributed by atoms with Crippen molar-refractivity contribution < 1.29 is 14.3 Å². The predicted octanol–water partition coefficient (Wildman–Crippen LogP) is 3.20. The fourth-order valence-corrected chi connectivity index (χ4v) is 4.21. The summed E-state index contributed by atoms with van der Waals surface area (Å²) in [5.41, 5.74) is 4.26. The van der Waals surface area contributed by atoms with E-state index in [2.05, 4.69) is 46.1 Å². The Kier molecular flexibility index (Phi) is 6.30. The first-order valence-corrected chi connectivity index (χ1v) is 10.9. The minimum absolute atomic E-state index is 0.0437. The van der Waals surface area contributed by atoms with Crippen LogP contribution < -0.4 is 25.4 Å². The average molecular weight is 423 g/mol. The van der Waals surface area contributed by atoms with Crippen LogP contribution in [0.15, 0.2) is 41.4 Å². The SMILES string of the molecule is CCOc1cc2c(cc1CNC(=NC)NCC1CC(=O)Nc3ccccc31)OC(C)C2. The molecule has 0 spiro atoms. The number of benzene rings is 2. The van der Waals surface area contributed by atoms with Gasteiger partial charge in [-0.05, 0) is 37.6 Å². The lowest BCUT2D eigenvalue weighted by atomic mass is 9.90. The number of fused-ring (bicyclic) bond motifs is 2. The van der Waals surface area contributed by atoms with Gasteiger partial charge in [0.2, 0.25) is 5.91 Å². The molecule has 2 heterocycles. The molecule has 2 aliphatic heterocycles. The Bertz CT molecular complexity index is 989. The smallest absolute Gasteiger partial charge is 0.225 e. The highest BCUT2D eigenvalue weighted by molar-refractivity contribution is 5.94. The Morgan fingerprint density at radius 2 is 2.10 bits per heavy atom. The van der Waals surface area contributed by atoms with Gasteiger partial charge in [0.25, 0.3) is 0 Å². The molecule has 3 N–H and O–H groups in total. The average Bonchev–Trinajstić information content (AvgIpc) is 3.12. The summed E-state index contributed by atoms with van der Waals surface area (Å²) >= 11 is 0. The van der Waals surface area contributed by atoms with Gasteiger partial charge in [-0.15, -0.1) is 0 Å². The highest BCUT2D eigenvalue weighted by Crippen LogP contribution is 2.35. The van der Waals surface area contributed by atoms with Gasteiger partial charge in [0.15, 0.2) is 5.96 Å². The molecule has 7 heteroatoms. The summed E-state index contributed by atoms with van der Waals surface area (Å²) in [4.78, 5) is 16.4. The molecule has 164 valence electrons. The van der Waals surface area contributed by atoms with Crippen molar-refractivity contribution in [3.05, 3.63) is 53.1 Å². The van der Waals surface area contributed by atoms with E-state index in [9.17, 15) is 4.79 Å². The molecule has 0 saturated carbocycles. The van der Waals surface area contributed by atoms with E-state index in [1.54, 1.807) is 7.05 Å². The van der Waals surface area contributed by atoms with Gasteiger partial charge in [0, 0.05) is 55.7 Å². The number of guanidine groups is 1. The maximum atomic E-state index is 12.1. The molecule has 0 saturated heterocycles. The fraction of sp³-hybridized carbons (Fsp3) is 0.417. The largest absolute Gasteiger partial charge is 0.494 e. The van der Waals surface area contributed by atoms with Crippen molar-refractivity contribution in [2.24, 2.45) is 4.99 Å². The zero-order chi connectivity index (χ0) is 21.8. The molecule has 2 aromatic rings. The summed E-state index contributed by atoms with van der Waals surface area (Å²) in [5.74, 6) is 2.63. The maximum Gasteiger partial charge on any atom is 0.225 e. The van der Waals surface area contributed by atoms with Crippen molar-refractivity contribution in [3.8, 4) is 11.5 Å². The second-order valence-electron chi connectivity index (χ2n) is 7.98. The molecule has 0 fully saturated rings. The summed E-state index contributed by atoms with van der Waals surface area (Å²) in [6, 6.07) is 12.1. The normalized spacial score (nSPS) is 19.7. The quantitative estimate of drug-likeness (QED) is 0.492. The zero-order valence-electron chi connectivity index (χ0n) is 18.3. The van der Waals surface area contributed by atoms with Crippen LogP contribution in [-0.2, 0) is 17.8 Å². The van der Waals surface area contributed by atoms with Crippen LogP contribution >= 0.6 is 0 Å². The number of para-hydroxylation sites is 1. The first kappa shape index (κ1) is 21.0. The number of carbonyl (C=O) groups is 1. The number of rotatable bonds is 6. The lowest BCUT2D eigenvalue weighted by Gasteiger charge is -2.26. The van der Waals surface area contributed by atoms with Gasteiger partial charge in [-0.25, -0.2) is 0 Å². The minimum atomic E-state index is 0.0437. The molecule has 31 heavy (non-hydrogen) atoms. The van der Waals surface area contributed by atoms with E-state index in [0.717, 1.165) is 34.7 Å². The summed E-state index contributed by atoms with van der Waals surface area (Å²) in [7, 11) is 1.74. The van der Waals surface area contributed by atoms with Crippen molar-refractivity contribution in [3.63, 3.8) is 0 Å². The number of anilines is 1. The Hall–Kier alpha value is -3.22. The number of nitrogens with zero attached hydrogens (tertiary/aromatic N) is 1. The van der Waals surface area contributed by atoms with Crippen molar-refractivity contribution in [1.82, 2.24) is 10.6 Å². The molecule has 0 radical (unpaired) electrons. The van der Waals surface area contributed by atoms with Crippen LogP contribution in [0.5, 0.6) is 11.5 Å². The molecular formula is C24H30N4O3. The predicted molar refractivity (Wildman–Crippen MR) is 122 cm³/mol. The van der Waals surface area contributed by atoms with Crippen LogP contribution in [0.4, 0.5) is 5.69 Å². The van der Waals surface area contributed by atoms with Crippen LogP contribution in [0.2, 0.25) is 0 Å². The van der Waals surface area contributed by atoms with E-state index in [-0.39, 0.29) is 17.9 Å². The summed E-state index contributed by atoms with van der Waals surface area (Å²) in [5, 5.41) is 9.67. The van der Waals surface area contributed by atoms with Gasteiger partial charge >= 0.3 is 0 Å². The highest BCUT2D eigenvalue weighted by Gasteiger charge is 2.25. The molecular weight excluding hydrogens is 392 g/mol. The standard InChI is InChI=1S/C24H30N4O3/c1-4-30-21-10-16-9-15(2)31-22(16)11-18(21)14-27-24(25-3)26-13-17-12-23(29)28-20-8-6-5-7-19(17)20/h5-8,10-11,15,17H,4,9,12-14H2,1-3H3,(H,28,29)(H2,25,26,27). The molecule has 2 aliphatic rings. The Morgan fingerprint density at radius 3 is 2.90 bits per heavy atom. The fourth-order valence-electron chi connectivity index (χ4n) is 4.21. The van der Waals surface area contributed by atoms with Gasteiger partial charge in [-0.3, -0.25) is 9.79 Å². The number of ether oxygens (including phenoxy) is 2. The van der Waals surface area contributed by atoms with E-state index in [4.69, 9.17) is 9.47 Å². The van der Waals surface area contributed by atoms with E-state index < -0.39 is 0 Å². The third-order valence-electron chi connectivity index (χ3n) is 5.67. The van der Waals surface area contributed by atoms with Gasteiger partial charge < -0.3 is 25.4 Å². The number of hydrogen-bond acceptors (Lipinski definition) is 4. The summed E-state index contributed by atoms with van der Waals surface area (Å²) < 4.78 is 11.8. The Morgan fingerprint density at radius 1 is 1.26 bits per heavy atom. The number of carbonyl (C=O) groups excluding carboxylic acids is 1. The molecule has 0 aliphatic carbocycles. The van der Waals surface area contributed by atoms with E-state index in [0.29, 0.717) is 32.1 Å². The third kappa shape index (κ3) is 4.76. The lowest BCUT2D eigenvalue weighted by Crippen LogP contribution is -2.40. The molecule has 7 nitrogen and oxygen atoms in total. The van der Waals surface area contributed by atoms with E-state index in [1.165, 1.54) is 5.56 Å². The van der Waals surface area contributed by atoms with Gasteiger partial charge in [-0.2, -0.15) is 0 Å². The number of aliphatic imine (C=N–C) groups is 1. The summed E-state index contributed by atoms with van der Waals surface area (Å²) in [6.07, 6.45) is 1.55. The van der Waals surface area contributed by atoms with Gasteiger partial charge in [0.05, 0.1) is 6.61 Å². The molecule has 2 unspecified atom stereocenters. The second-order valence-corrected chi connectivity index (χ2v) is 7.98. The zero-order valence-corrected chi connectivity index (χ0v) is 18.3. The molecule has 0 aromatic heterocycles. The number of nitrogens with one attached hydrogen (secondary N) is 3. The number of amides is 1. The molecule has 2 aromatic carbocycles. The Balaban J connectivity index is 1.41. The van der Waals surface area contributed by atoms with Crippen molar-refractivity contribution in [1.29, 1.82) is 0 Å². The monoisotopic (exact) mass is 422 g/mol. The van der Waals surface area contributed by atoms with Crippen LogP contribution in [0.3, 0.4) is 0 Å². The molecule has 2 atom stereocenters. The Labute approximate surface area is 183 Å². The third-order valence-corrected chi connectivity index (χ3v) is 5.67. The van der Waals surface area contributed by atoms with Gasteiger partial charge in [0.1, 0.15) is 17.6 Å². The topological polar surface area (TPSA) is 84.0 Å². The second kappa shape index (κ2) is 9.29. The molecule has 1 amide bonds. The first-order chi connectivity index (χ1) is 15.1. The maximum absolute atomic E-state index is 12.1. The number of hydrogen-bond donors (Lipinski definition) is 3. The molecule has 4 rings (SSSR count). The lowest BCUT2D eigenvalue weighted by molar-refractivity contribution is -0.116. The first-order valence-electron chi connectivity index (χ1n) is 10.9. The van der Waals surface area contributed by atoms with Crippen LogP contribution in [0.25, 0.3) is 0 Å². The summed E-state index contributed by atoms with van der Waals surface area (Å²) in [6.45, 7) is 5.85. The van der Waals surface area contributed by atoms with Crippen LogP contribution in [0.1, 0.15) is 42.9 Å². The van der Waals surface area contributed by atoms with E-state index >= 15 is 0 Å². The van der Waals surface area contributed by atoms with Crippen molar-refractivity contribution >= 4 is 17.6 Å². The molecule has 0 bridgehead atoms. The van der Waals surface area contributed by atoms with E-state index in [1.807, 2.05) is 25.1 Å².